The molecule has 0 aliphatic carbocycles. The van der Waals surface area contributed by atoms with E-state index in [1.54, 1.807) is 24.0 Å². The zero-order chi connectivity index (χ0) is 20.5. The van der Waals surface area contributed by atoms with Crippen LogP contribution in [0.5, 0.6) is 0 Å². The van der Waals surface area contributed by atoms with Gasteiger partial charge in [-0.1, -0.05) is 24.3 Å². The number of aromatic nitrogens is 5. The zero-order valence-corrected chi connectivity index (χ0v) is 15.4. The molecule has 144 valence electrons. The van der Waals surface area contributed by atoms with E-state index in [4.69, 9.17) is 11.5 Å². The minimum atomic E-state index is -0.830. The van der Waals surface area contributed by atoms with Crippen molar-refractivity contribution in [2.75, 3.05) is 5.73 Å². The first-order valence-electron chi connectivity index (χ1n) is 8.62. The molecule has 0 aliphatic rings. The highest BCUT2D eigenvalue weighted by Gasteiger charge is 2.13. The van der Waals surface area contributed by atoms with Gasteiger partial charge in [-0.3, -0.25) is 4.79 Å². The lowest BCUT2D eigenvalue weighted by atomic mass is 9.98. The number of nitrogens with two attached hydrogens (primary N) is 2. The number of carbonyl (C=O) groups excluding carboxylic acids is 1. The number of rotatable bonds is 4. The summed E-state index contributed by atoms with van der Waals surface area (Å²) in [5.41, 5.74) is 14.5. The van der Waals surface area contributed by atoms with Crippen molar-refractivity contribution in [2.24, 2.45) is 12.8 Å². The lowest BCUT2D eigenvalue weighted by molar-refractivity contribution is 0.0996. The molecule has 0 unspecified atom stereocenters. The largest absolute Gasteiger partial charge is 0.383 e. The molecule has 2 heterocycles. The van der Waals surface area contributed by atoms with Gasteiger partial charge in [0.2, 0.25) is 0 Å². The number of hydrogen-bond acceptors (Lipinski definition) is 6. The summed E-state index contributed by atoms with van der Waals surface area (Å²) in [5.74, 6) is -0.672. The lowest BCUT2D eigenvalue weighted by Crippen LogP contribution is -2.13. The number of hydrogen-bond donors (Lipinski definition) is 2. The fourth-order valence-corrected chi connectivity index (χ4v) is 3.06. The number of carbonyl (C=O) groups is 1. The third-order valence-electron chi connectivity index (χ3n) is 4.54. The number of primary amides is 1. The highest BCUT2D eigenvalue weighted by molar-refractivity contribution is 5.94. The van der Waals surface area contributed by atoms with Crippen LogP contribution in [0.4, 0.5) is 10.2 Å². The van der Waals surface area contributed by atoms with Crippen molar-refractivity contribution in [1.82, 2.24) is 25.2 Å². The number of halogens is 1. The highest BCUT2D eigenvalue weighted by Crippen LogP contribution is 2.31. The van der Waals surface area contributed by atoms with Crippen LogP contribution in [0, 0.1) is 5.82 Å². The molecule has 0 fully saturated rings. The maximum atomic E-state index is 14.2. The Hall–Kier alpha value is -4.14. The molecular formula is C20H16FN7O. The quantitative estimate of drug-likeness (QED) is 0.552. The Balaban J connectivity index is 1.78. The predicted octanol–water partition coefficient (Wildman–Crippen LogP) is 2.43. The minimum absolute atomic E-state index is 0.179. The van der Waals surface area contributed by atoms with Gasteiger partial charge in [-0.2, -0.15) is 0 Å². The first-order valence-corrected chi connectivity index (χ1v) is 8.62. The van der Waals surface area contributed by atoms with E-state index in [1.165, 1.54) is 12.1 Å². The average molecular weight is 389 g/mol. The third-order valence-corrected chi connectivity index (χ3v) is 4.54. The Labute approximate surface area is 165 Å². The van der Waals surface area contributed by atoms with Crippen molar-refractivity contribution in [2.45, 2.75) is 0 Å². The molecule has 2 aromatic carbocycles. The second-order valence-electron chi connectivity index (χ2n) is 6.42. The van der Waals surface area contributed by atoms with Gasteiger partial charge in [-0.25, -0.2) is 14.1 Å². The topological polar surface area (TPSA) is 126 Å². The molecule has 8 nitrogen and oxygen atoms in total. The van der Waals surface area contributed by atoms with Gasteiger partial charge in [0.05, 0.1) is 5.56 Å². The number of amides is 1. The van der Waals surface area contributed by atoms with E-state index in [-0.39, 0.29) is 11.4 Å². The number of pyridine rings is 1. The van der Waals surface area contributed by atoms with E-state index in [0.29, 0.717) is 17.0 Å². The maximum absolute atomic E-state index is 14.2. The van der Waals surface area contributed by atoms with Crippen LogP contribution >= 0.6 is 0 Å². The minimum Gasteiger partial charge on any atom is -0.383 e. The molecule has 4 N–H and O–H groups in total. The summed E-state index contributed by atoms with van der Waals surface area (Å²) in [4.78, 5) is 15.5. The molecule has 0 saturated heterocycles. The second kappa shape index (κ2) is 7.12. The van der Waals surface area contributed by atoms with Crippen LogP contribution in [0.2, 0.25) is 0 Å². The molecule has 0 bridgehead atoms. The molecule has 4 rings (SSSR count). The van der Waals surface area contributed by atoms with Crippen LogP contribution in [0.15, 0.2) is 54.7 Å². The lowest BCUT2D eigenvalue weighted by Gasteiger charge is -2.10. The van der Waals surface area contributed by atoms with E-state index < -0.39 is 11.7 Å². The molecule has 1 amide bonds. The molecule has 0 radical (unpaired) electrons. The molecular weight excluding hydrogens is 373 g/mol. The number of benzene rings is 2. The van der Waals surface area contributed by atoms with Crippen molar-refractivity contribution in [3.8, 4) is 33.6 Å². The Morgan fingerprint density at radius 3 is 2.52 bits per heavy atom. The summed E-state index contributed by atoms with van der Waals surface area (Å²) in [7, 11) is 1.76. The monoisotopic (exact) mass is 389 g/mol. The number of nitrogen functional groups attached to an aromatic ring is 1. The van der Waals surface area contributed by atoms with Crippen LogP contribution in [-0.4, -0.2) is 31.1 Å². The Morgan fingerprint density at radius 1 is 1.03 bits per heavy atom. The van der Waals surface area contributed by atoms with Gasteiger partial charge in [0.25, 0.3) is 5.91 Å². The standard InChI is InChI=1S/C20H16FN7O/c1-28-20(25-26-27-28)13-4-2-3-11(7-13)14-8-16(18(22)24-10-14)12-5-6-15(19(23)29)17(21)9-12/h2-10H,1H3,(H2,22,24)(H2,23,29). The fourth-order valence-electron chi connectivity index (χ4n) is 3.06. The molecule has 0 atom stereocenters. The molecule has 9 heteroatoms. The van der Waals surface area contributed by atoms with Gasteiger partial charge in [-0.15, -0.1) is 5.10 Å². The van der Waals surface area contributed by atoms with Gasteiger partial charge < -0.3 is 11.5 Å². The van der Waals surface area contributed by atoms with E-state index >= 15 is 0 Å². The van der Waals surface area contributed by atoms with E-state index in [0.717, 1.165) is 16.7 Å². The van der Waals surface area contributed by atoms with Gasteiger partial charge in [0, 0.05) is 29.9 Å². The van der Waals surface area contributed by atoms with Gasteiger partial charge in [-0.05, 0) is 45.8 Å². The first-order chi connectivity index (χ1) is 13.9. The summed E-state index contributed by atoms with van der Waals surface area (Å²) in [5, 5.41) is 11.5. The van der Waals surface area contributed by atoms with Crippen LogP contribution in [0.25, 0.3) is 33.6 Å². The summed E-state index contributed by atoms with van der Waals surface area (Å²) < 4.78 is 15.8. The van der Waals surface area contributed by atoms with Crippen molar-refractivity contribution in [1.29, 1.82) is 0 Å². The molecule has 2 aromatic heterocycles. The van der Waals surface area contributed by atoms with Crippen LogP contribution in [0.3, 0.4) is 0 Å². The van der Waals surface area contributed by atoms with E-state index in [9.17, 15) is 9.18 Å². The Kier molecular flexibility index (Phi) is 4.47. The van der Waals surface area contributed by atoms with Gasteiger partial charge in [0.15, 0.2) is 5.82 Å². The van der Waals surface area contributed by atoms with Crippen LogP contribution in [-0.2, 0) is 7.05 Å². The van der Waals surface area contributed by atoms with E-state index in [2.05, 4.69) is 20.5 Å². The van der Waals surface area contributed by atoms with Crippen molar-refractivity contribution in [3.63, 3.8) is 0 Å². The summed E-state index contributed by atoms with van der Waals surface area (Å²) in [6, 6.07) is 13.6. The number of tetrazole rings is 1. The second-order valence-corrected chi connectivity index (χ2v) is 6.42. The smallest absolute Gasteiger partial charge is 0.251 e. The van der Waals surface area contributed by atoms with Crippen molar-refractivity contribution < 1.29 is 9.18 Å². The van der Waals surface area contributed by atoms with Gasteiger partial charge in [0.1, 0.15) is 11.6 Å². The van der Waals surface area contributed by atoms with Crippen molar-refractivity contribution >= 4 is 11.7 Å². The summed E-state index contributed by atoms with van der Waals surface area (Å²) in [6.45, 7) is 0. The zero-order valence-electron chi connectivity index (χ0n) is 15.4. The Morgan fingerprint density at radius 2 is 1.83 bits per heavy atom. The average Bonchev–Trinajstić information content (AvgIpc) is 3.14. The summed E-state index contributed by atoms with van der Waals surface area (Å²) >= 11 is 0. The number of anilines is 1. The maximum Gasteiger partial charge on any atom is 0.251 e. The summed E-state index contributed by atoms with van der Waals surface area (Å²) in [6.07, 6.45) is 1.64. The Bertz CT molecular complexity index is 1240. The molecule has 0 saturated carbocycles. The fraction of sp³-hybridized carbons (Fsp3) is 0.0500. The number of aryl methyl sites for hydroxylation is 1. The normalized spacial score (nSPS) is 10.8. The van der Waals surface area contributed by atoms with Crippen LogP contribution in [0.1, 0.15) is 10.4 Å². The SMILES string of the molecule is Cn1nnnc1-c1cccc(-c2cnc(N)c(-c3ccc(C(N)=O)c(F)c3)c2)c1. The molecule has 0 spiro atoms. The third kappa shape index (κ3) is 3.41. The molecule has 4 aromatic rings. The molecule has 29 heavy (non-hydrogen) atoms. The van der Waals surface area contributed by atoms with Crippen molar-refractivity contribution in [3.05, 3.63) is 66.1 Å². The van der Waals surface area contributed by atoms with E-state index in [1.807, 2.05) is 30.3 Å². The first kappa shape index (κ1) is 18.2. The highest BCUT2D eigenvalue weighted by atomic mass is 19.1. The molecule has 0 aliphatic heterocycles. The number of nitrogens with zero attached hydrogens (tertiary/aromatic N) is 5. The predicted molar refractivity (Wildman–Crippen MR) is 106 cm³/mol. The van der Waals surface area contributed by atoms with Crippen LogP contribution < -0.4 is 11.5 Å². The van der Waals surface area contributed by atoms with Gasteiger partial charge >= 0.3 is 0 Å².